The van der Waals surface area contributed by atoms with Gasteiger partial charge in [0, 0.05) is 11.1 Å². The van der Waals surface area contributed by atoms with Crippen molar-refractivity contribution >= 4 is 29.0 Å². The summed E-state index contributed by atoms with van der Waals surface area (Å²) in [6.07, 6.45) is 1.85. The third-order valence-electron chi connectivity index (χ3n) is 6.14. The highest BCUT2D eigenvalue weighted by atomic mass is 35.5. The number of Topliss-reactive ketones (excluding diaryl/α,β-unsaturated/α-hetero) is 1. The Balaban J connectivity index is 1.78. The quantitative estimate of drug-likeness (QED) is 0.439. The molecule has 2 aromatic carbocycles. The Hall–Kier alpha value is -3.23. The standard InChI is InChI=1S/C23H19Cl2N3O5/c1-11(29)12-4-6-13(7-5-12)27-21(31)26-9-8-15-18(28(26)22(27)32)14-10-16(24)19(30)17(25)20(14)33-23(15,2)3/h4-8,10,18,30H,9H2,1-3H3. The van der Waals surface area contributed by atoms with E-state index in [9.17, 15) is 19.5 Å². The summed E-state index contributed by atoms with van der Waals surface area (Å²) in [7, 11) is 0. The number of nitrogens with zero attached hydrogens (tertiary/aromatic N) is 3. The fraction of sp³-hybridized carbons (Fsp3) is 0.261. The van der Waals surface area contributed by atoms with Crippen molar-refractivity contribution in [2.75, 3.05) is 0 Å². The van der Waals surface area contributed by atoms with Crippen LogP contribution in [0.1, 0.15) is 42.7 Å². The van der Waals surface area contributed by atoms with Gasteiger partial charge in [-0.05, 0) is 56.7 Å². The van der Waals surface area contributed by atoms with Crippen LogP contribution < -0.4 is 16.1 Å². The molecular weight excluding hydrogens is 469 g/mol. The van der Waals surface area contributed by atoms with Crippen molar-refractivity contribution in [3.05, 3.63) is 84.1 Å². The molecule has 1 atom stereocenters. The minimum Gasteiger partial charge on any atom is -0.505 e. The van der Waals surface area contributed by atoms with Crippen LogP contribution in [0, 0.1) is 0 Å². The predicted molar refractivity (Wildman–Crippen MR) is 123 cm³/mol. The molecule has 10 heteroatoms. The van der Waals surface area contributed by atoms with Gasteiger partial charge in [-0.25, -0.2) is 23.5 Å². The molecule has 1 aromatic heterocycles. The molecule has 1 unspecified atom stereocenters. The maximum Gasteiger partial charge on any atom is 0.352 e. The highest BCUT2D eigenvalue weighted by Crippen LogP contribution is 2.52. The lowest BCUT2D eigenvalue weighted by Gasteiger charge is -2.43. The molecule has 0 spiro atoms. The van der Waals surface area contributed by atoms with Gasteiger partial charge in [-0.3, -0.25) is 4.79 Å². The Morgan fingerprint density at radius 1 is 1.15 bits per heavy atom. The van der Waals surface area contributed by atoms with Crippen LogP contribution in [0.4, 0.5) is 0 Å². The zero-order valence-corrected chi connectivity index (χ0v) is 19.4. The third kappa shape index (κ3) is 3.01. The van der Waals surface area contributed by atoms with E-state index in [2.05, 4.69) is 0 Å². The number of aromatic hydroxyl groups is 1. The van der Waals surface area contributed by atoms with Gasteiger partial charge >= 0.3 is 11.4 Å². The van der Waals surface area contributed by atoms with Crippen molar-refractivity contribution in [2.45, 2.75) is 39.0 Å². The topological polar surface area (TPSA) is 95.5 Å². The Labute approximate surface area is 197 Å². The lowest BCUT2D eigenvalue weighted by Crippen LogP contribution is -2.46. The van der Waals surface area contributed by atoms with Gasteiger partial charge in [-0.2, -0.15) is 0 Å². The average molecular weight is 488 g/mol. The zero-order valence-electron chi connectivity index (χ0n) is 17.9. The molecular formula is C23H19Cl2N3O5. The number of aromatic nitrogens is 3. The van der Waals surface area contributed by atoms with E-state index in [-0.39, 0.29) is 33.9 Å². The third-order valence-corrected chi connectivity index (χ3v) is 6.78. The molecule has 0 bridgehead atoms. The first-order valence-electron chi connectivity index (χ1n) is 10.2. The number of ether oxygens (including phenoxy) is 1. The van der Waals surface area contributed by atoms with Gasteiger partial charge in [0.2, 0.25) is 0 Å². The summed E-state index contributed by atoms with van der Waals surface area (Å²) in [5.41, 5.74) is 0.103. The summed E-state index contributed by atoms with van der Waals surface area (Å²) >= 11 is 12.5. The highest BCUT2D eigenvalue weighted by Gasteiger charge is 2.45. The van der Waals surface area contributed by atoms with E-state index in [0.29, 0.717) is 16.8 Å². The van der Waals surface area contributed by atoms with Gasteiger partial charge in [0.25, 0.3) is 0 Å². The lowest BCUT2D eigenvalue weighted by molar-refractivity contribution is 0.101. The van der Waals surface area contributed by atoms with E-state index < -0.39 is 23.0 Å². The Morgan fingerprint density at radius 3 is 2.45 bits per heavy atom. The molecule has 0 aliphatic carbocycles. The molecule has 1 N–H and O–H groups in total. The smallest absolute Gasteiger partial charge is 0.352 e. The molecule has 3 aromatic rings. The van der Waals surface area contributed by atoms with Gasteiger partial charge < -0.3 is 9.84 Å². The molecule has 2 aliphatic rings. The van der Waals surface area contributed by atoms with E-state index >= 15 is 0 Å². The first-order chi connectivity index (χ1) is 15.5. The summed E-state index contributed by atoms with van der Waals surface area (Å²) in [6.45, 7) is 5.26. The number of phenols is 1. The second kappa shape index (κ2) is 7.13. The van der Waals surface area contributed by atoms with Crippen molar-refractivity contribution in [1.29, 1.82) is 0 Å². The average Bonchev–Trinajstić information content (AvgIpc) is 3.03. The maximum absolute atomic E-state index is 13.6. The van der Waals surface area contributed by atoms with E-state index in [4.69, 9.17) is 27.9 Å². The highest BCUT2D eigenvalue weighted by molar-refractivity contribution is 6.38. The molecule has 0 amide bonds. The van der Waals surface area contributed by atoms with Gasteiger partial charge in [0.15, 0.2) is 11.5 Å². The zero-order chi connectivity index (χ0) is 23.8. The summed E-state index contributed by atoms with van der Waals surface area (Å²) in [4.78, 5) is 38.5. The predicted octanol–water partition coefficient (Wildman–Crippen LogP) is 3.72. The number of benzene rings is 2. The number of phenolic OH excluding ortho intramolecular Hbond substituents is 1. The maximum atomic E-state index is 13.6. The number of ketones is 1. The fourth-order valence-electron chi connectivity index (χ4n) is 4.51. The first kappa shape index (κ1) is 21.6. The molecule has 8 nitrogen and oxygen atoms in total. The number of allylic oxidation sites excluding steroid dienone is 1. The van der Waals surface area contributed by atoms with Crippen LogP contribution in [0.25, 0.3) is 5.69 Å². The van der Waals surface area contributed by atoms with Crippen molar-refractivity contribution in [3.8, 4) is 17.2 Å². The minimum absolute atomic E-state index is 0.00757. The number of carbonyl (C=O) groups is 1. The molecule has 3 heterocycles. The number of hydrogen-bond donors (Lipinski definition) is 1. The van der Waals surface area contributed by atoms with E-state index in [1.54, 1.807) is 24.3 Å². The summed E-state index contributed by atoms with van der Waals surface area (Å²) in [5, 5.41) is 10.2. The number of rotatable bonds is 2. The van der Waals surface area contributed by atoms with Gasteiger partial charge in [-0.1, -0.05) is 29.3 Å². The summed E-state index contributed by atoms with van der Waals surface area (Å²) < 4.78 is 9.88. The van der Waals surface area contributed by atoms with Gasteiger partial charge in [0.1, 0.15) is 22.4 Å². The van der Waals surface area contributed by atoms with Gasteiger partial charge in [0.05, 0.1) is 17.3 Å². The number of carbonyl (C=O) groups excluding carboxylic acids is 1. The van der Waals surface area contributed by atoms with Crippen LogP contribution >= 0.6 is 23.2 Å². The number of fused-ring (bicyclic) bond motifs is 5. The molecule has 5 rings (SSSR count). The fourth-order valence-corrected chi connectivity index (χ4v) is 5.02. The summed E-state index contributed by atoms with van der Waals surface area (Å²) in [6, 6.07) is 7.05. The molecule has 0 saturated carbocycles. The van der Waals surface area contributed by atoms with Crippen molar-refractivity contribution in [2.24, 2.45) is 0 Å². The van der Waals surface area contributed by atoms with Crippen molar-refractivity contribution < 1.29 is 14.6 Å². The Morgan fingerprint density at radius 2 is 1.82 bits per heavy atom. The molecule has 2 aliphatic heterocycles. The molecule has 0 fully saturated rings. The second-order valence-electron chi connectivity index (χ2n) is 8.54. The SMILES string of the molecule is CC(=O)c1ccc(-n2c(=O)n3n(c2=O)C2C(=CC3)C(C)(C)Oc3c2cc(Cl)c(O)c3Cl)cc1. The van der Waals surface area contributed by atoms with E-state index in [1.807, 2.05) is 19.9 Å². The minimum atomic E-state index is -0.868. The summed E-state index contributed by atoms with van der Waals surface area (Å²) in [5.74, 6) is -0.227. The van der Waals surface area contributed by atoms with Crippen LogP contribution in [-0.4, -0.2) is 30.4 Å². The van der Waals surface area contributed by atoms with Crippen LogP contribution in [0.3, 0.4) is 0 Å². The van der Waals surface area contributed by atoms with Crippen LogP contribution in [0.2, 0.25) is 10.0 Å². The molecule has 170 valence electrons. The van der Waals surface area contributed by atoms with E-state index in [1.165, 1.54) is 22.4 Å². The second-order valence-corrected chi connectivity index (χ2v) is 9.33. The van der Waals surface area contributed by atoms with Crippen LogP contribution in [0.5, 0.6) is 11.5 Å². The van der Waals surface area contributed by atoms with Crippen molar-refractivity contribution in [1.82, 2.24) is 13.9 Å². The normalized spacial score (nSPS) is 18.0. The molecule has 0 saturated heterocycles. The van der Waals surface area contributed by atoms with E-state index in [0.717, 1.165) is 10.1 Å². The molecule has 33 heavy (non-hydrogen) atoms. The largest absolute Gasteiger partial charge is 0.505 e. The first-order valence-corrected chi connectivity index (χ1v) is 10.9. The number of halogens is 2. The van der Waals surface area contributed by atoms with Crippen molar-refractivity contribution in [3.63, 3.8) is 0 Å². The van der Waals surface area contributed by atoms with Gasteiger partial charge in [-0.15, -0.1) is 0 Å². The lowest BCUT2D eigenvalue weighted by atomic mass is 9.83. The Bertz CT molecular complexity index is 1490. The van der Waals surface area contributed by atoms with Crippen LogP contribution in [0.15, 0.2) is 51.6 Å². The number of hydrogen-bond acceptors (Lipinski definition) is 5. The Kier molecular flexibility index (Phi) is 4.67. The molecule has 0 radical (unpaired) electrons. The van der Waals surface area contributed by atoms with Crippen LogP contribution in [-0.2, 0) is 6.54 Å². The monoisotopic (exact) mass is 487 g/mol.